The smallest absolute Gasteiger partial charge is 0.230 e. The lowest BCUT2D eigenvalue weighted by molar-refractivity contribution is 0.439. The molecule has 2 N–H and O–H groups in total. The molecule has 2 aromatic carbocycles. The van der Waals surface area contributed by atoms with E-state index in [9.17, 15) is 0 Å². The first-order chi connectivity index (χ1) is 10.1. The monoisotopic (exact) mass is 382 g/mol. The number of nitrogens with two attached hydrogens (primary N) is 1. The molecule has 0 aliphatic heterocycles. The molecule has 0 aliphatic carbocycles. The first-order valence-corrected chi connectivity index (χ1v) is 7.57. The Morgan fingerprint density at radius 3 is 2.52 bits per heavy atom. The van der Waals surface area contributed by atoms with Gasteiger partial charge in [-0.1, -0.05) is 62.5 Å². The maximum absolute atomic E-state index is 6.08. The van der Waals surface area contributed by atoms with Crippen LogP contribution in [0, 0.1) is 0 Å². The number of hydrogen-bond acceptors (Lipinski definition) is 3. The number of halogens is 3. The summed E-state index contributed by atoms with van der Waals surface area (Å²) < 4.78 is 6.10. The Labute approximate surface area is 139 Å². The van der Waals surface area contributed by atoms with Gasteiger partial charge >= 0.3 is 0 Å². The molecule has 0 saturated carbocycles. The van der Waals surface area contributed by atoms with E-state index in [0.29, 0.717) is 21.3 Å². The van der Waals surface area contributed by atoms with Gasteiger partial charge in [0.05, 0.1) is 15.6 Å². The first-order valence-electron chi connectivity index (χ1n) is 6.03. The zero-order valence-electron chi connectivity index (χ0n) is 10.6. The number of aromatic nitrogens is 1. The normalized spacial score (nSPS) is 10.8. The number of anilines is 1. The van der Waals surface area contributed by atoms with Crippen LogP contribution in [0.15, 0.2) is 51.5 Å². The summed E-state index contributed by atoms with van der Waals surface area (Å²) in [6.07, 6.45) is 0. The van der Waals surface area contributed by atoms with Crippen LogP contribution in [-0.2, 0) is 0 Å². The van der Waals surface area contributed by atoms with Crippen LogP contribution in [0.4, 0.5) is 5.88 Å². The fourth-order valence-corrected chi connectivity index (χ4v) is 2.76. The van der Waals surface area contributed by atoms with E-state index < -0.39 is 0 Å². The second-order valence-electron chi connectivity index (χ2n) is 4.41. The van der Waals surface area contributed by atoms with Crippen molar-refractivity contribution < 1.29 is 4.52 Å². The summed E-state index contributed by atoms with van der Waals surface area (Å²) in [6, 6.07) is 13.0. The molecule has 0 aliphatic rings. The summed E-state index contributed by atoms with van der Waals surface area (Å²) in [5, 5.41) is 5.00. The Kier molecular flexibility index (Phi) is 3.93. The molecule has 3 rings (SSSR count). The number of nitrogen functional groups attached to an aromatic ring is 1. The Morgan fingerprint density at radius 1 is 1.00 bits per heavy atom. The second kappa shape index (κ2) is 5.72. The van der Waals surface area contributed by atoms with Crippen LogP contribution in [0.5, 0.6) is 0 Å². The molecule has 0 saturated heterocycles. The molecule has 106 valence electrons. The third kappa shape index (κ3) is 2.79. The van der Waals surface area contributed by atoms with E-state index in [1.165, 1.54) is 0 Å². The van der Waals surface area contributed by atoms with Gasteiger partial charge in [0.15, 0.2) is 0 Å². The molecule has 0 radical (unpaired) electrons. The van der Waals surface area contributed by atoms with Crippen molar-refractivity contribution in [3.05, 3.63) is 57.0 Å². The van der Waals surface area contributed by atoms with Gasteiger partial charge in [0.1, 0.15) is 5.69 Å². The summed E-state index contributed by atoms with van der Waals surface area (Å²) in [7, 11) is 0. The predicted molar refractivity (Wildman–Crippen MR) is 89.5 cm³/mol. The van der Waals surface area contributed by atoms with E-state index in [4.69, 9.17) is 33.5 Å². The van der Waals surface area contributed by atoms with Gasteiger partial charge in [-0.05, 0) is 29.8 Å². The summed E-state index contributed by atoms with van der Waals surface area (Å²) in [4.78, 5) is 0. The number of hydrogen-bond donors (Lipinski definition) is 1. The molecule has 6 heteroatoms. The zero-order chi connectivity index (χ0) is 15.0. The first kappa shape index (κ1) is 14.4. The summed E-state index contributed by atoms with van der Waals surface area (Å²) in [5.41, 5.74) is 8.98. The van der Waals surface area contributed by atoms with Gasteiger partial charge < -0.3 is 10.3 Å². The maximum Gasteiger partial charge on any atom is 0.230 e. The predicted octanol–water partition coefficient (Wildman–Crippen LogP) is 5.66. The average Bonchev–Trinajstić information content (AvgIpc) is 2.84. The van der Waals surface area contributed by atoms with Crippen LogP contribution in [0.2, 0.25) is 10.0 Å². The maximum atomic E-state index is 6.08. The Morgan fingerprint density at radius 2 is 1.81 bits per heavy atom. The molecule has 0 bridgehead atoms. The van der Waals surface area contributed by atoms with Crippen molar-refractivity contribution in [1.29, 1.82) is 0 Å². The van der Waals surface area contributed by atoms with Crippen molar-refractivity contribution in [2.24, 2.45) is 0 Å². The van der Waals surface area contributed by atoms with Gasteiger partial charge in [0.25, 0.3) is 0 Å². The fourth-order valence-electron chi connectivity index (χ4n) is 2.07. The van der Waals surface area contributed by atoms with Gasteiger partial charge in [-0.2, -0.15) is 0 Å². The Balaban J connectivity index is 2.19. The van der Waals surface area contributed by atoms with E-state index in [1.54, 1.807) is 12.1 Å². The number of rotatable bonds is 2. The van der Waals surface area contributed by atoms with Gasteiger partial charge in [0.2, 0.25) is 5.88 Å². The molecule has 0 atom stereocenters. The van der Waals surface area contributed by atoms with Crippen LogP contribution >= 0.6 is 39.1 Å². The fraction of sp³-hybridized carbons (Fsp3) is 0. The molecule has 21 heavy (non-hydrogen) atoms. The highest BCUT2D eigenvalue weighted by molar-refractivity contribution is 9.10. The van der Waals surface area contributed by atoms with Gasteiger partial charge in [-0.3, -0.25) is 0 Å². The van der Waals surface area contributed by atoms with Gasteiger partial charge in [0, 0.05) is 10.0 Å². The van der Waals surface area contributed by atoms with Crippen LogP contribution in [-0.4, -0.2) is 5.16 Å². The van der Waals surface area contributed by atoms with Crippen LogP contribution in [0.25, 0.3) is 22.4 Å². The van der Waals surface area contributed by atoms with E-state index in [0.717, 1.165) is 15.6 Å². The van der Waals surface area contributed by atoms with Crippen LogP contribution in [0.1, 0.15) is 0 Å². The molecule has 1 aromatic heterocycles. The average molecular weight is 384 g/mol. The molecule has 0 spiro atoms. The van der Waals surface area contributed by atoms with Crippen molar-refractivity contribution >= 4 is 45.0 Å². The van der Waals surface area contributed by atoms with Crippen LogP contribution < -0.4 is 5.73 Å². The largest absolute Gasteiger partial charge is 0.367 e. The minimum atomic E-state index is 0.239. The molecule has 3 aromatic rings. The topological polar surface area (TPSA) is 52.0 Å². The highest BCUT2D eigenvalue weighted by atomic mass is 79.9. The minimum absolute atomic E-state index is 0.239. The Hall–Kier alpha value is -1.49. The van der Waals surface area contributed by atoms with E-state index >= 15 is 0 Å². The lowest BCUT2D eigenvalue weighted by atomic mass is 10.0. The summed E-state index contributed by atoms with van der Waals surface area (Å²) >= 11 is 15.5. The SMILES string of the molecule is Nc1onc(-c2cccc(Br)c2)c1-c1ccc(Cl)c(Cl)c1. The van der Waals surface area contributed by atoms with E-state index in [1.807, 2.05) is 30.3 Å². The van der Waals surface area contributed by atoms with Crippen molar-refractivity contribution in [1.82, 2.24) is 5.16 Å². The van der Waals surface area contributed by atoms with Crippen LogP contribution in [0.3, 0.4) is 0 Å². The lowest BCUT2D eigenvalue weighted by Gasteiger charge is -2.05. The highest BCUT2D eigenvalue weighted by Crippen LogP contribution is 2.38. The molecular formula is C15H9BrCl2N2O. The third-order valence-electron chi connectivity index (χ3n) is 3.02. The van der Waals surface area contributed by atoms with E-state index in [-0.39, 0.29) is 5.88 Å². The van der Waals surface area contributed by atoms with Crippen molar-refractivity contribution in [2.45, 2.75) is 0 Å². The molecule has 1 heterocycles. The highest BCUT2D eigenvalue weighted by Gasteiger charge is 2.18. The minimum Gasteiger partial charge on any atom is -0.367 e. The summed E-state index contributed by atoms with van der Waals surface area (Å²) in [5.74, 6) is 0.239. The second-order valence-corrected chi connectivity index (χ2v) is 6.14. The molecule has 0 unspecified atom stereocenters. The zero-order valence-corrected chi connectivity index (χ0v) is 13.7. The lowest BCUT2D eigenvalue weighted by Crippen LogP contribution is -1.88. The van der Waals surface area contributed by atoms with Gasteiger partial charge in [-0.15, -0.1) is 0 Å². The molecule has 3 nitrogen and oxygen atoms in total. The van der Waals surface area contributed by atoms with Crippen molar-refractivity contribution in [3.63, 3.8) is 0 Å². The number of benzene rings is 2. The Bertz CT molecular complexity index is 817. The van der Waals surface area contributed by atoms with Crippen molar-refractivity contribution in [2.75, 3.05) is 5.73 Å². The molecule has 0 amide bonds. The summed E-state index contributed by atoms with van der Waals surface area (Å²) in [6.45, 7) is 0. The van der Waals surface area contributed by atoms with Crippen molar-refractivity contribution in [3.8, 4) is 22.4 Å². The van der Waals surface area contributed by atoms with Gasteiger partial charge in [-0.25, -0.2) is 0 Å². The quantitative estimate of drug-likeness (QED) is 0.621. The third-order valence-corrected chi connectivity index (χ3v) is 4.26. The standard InChI is InChI=1S/C15H9BrCl2N2O/c16-10-3-1-2-9(6-10)14-13(15(19)21-20-14)8-4-5-11(17)12(18)7-8/h1-7H,19H2. The molecular weight excluding hydrogens is 375 g/mol. The number of nitrogens with zero attached hydrogens (tertiary/aromatic N) is 1. The molecule has 0 fully saturated rings. The van der Waals surface area contributed by atoms with E-state index in [2.05, 4.69) is 21.1 Å².